The summed E-state index contributed by atoms with van der Waals surface area (Å²) in [6.45, 7) is 1.47. The van der Waals surface area contributed by atoms with Gasteiger partial charge < -0.3 is 9.47 Å². The molecule has 0 aliphatic heterocycles. The molecule has 0 aliphatic carbocycles. The Hall–Kier alpha value is -2.89. The molecular formula is C20H21ClN4O5S2. The van der Waals surface area contributed by atoms with Crippen molar-refractivity contribution in [3.63, 3.8) is 0 Å². The highest BCUT2D eigenvalue weighted by atomic mass is 35.5. The number of carbonyl (C=O) groups is 1. The summed E-state index contributed by atoms with van der Waals surface area (Å²) in [6.07, 6.45) is 1.01. The number of aromatic nitrogens is 2. The van der Waals surface area contributed by atoms with Gasteiger partial charge >= 0.3 is 0 Å². The van der Waals surface area contributed by atoms with Gasteiger partial charge in [0.25, 0.3) is 0 Å². The third kappa shape index (κ3) is 5.29. The van der Waals surface area contributed by atoms with Crippen LogP contribution in [0.5, 0.6) is 11.5 Å². The maximum atomic E-state index is 13.0. The number of rotatable bonds is 8. The first-order valence-corrected chi connectivity index (χ1v) is 12.3. The highest BCUT2D eigenvalue weighted by Crippen LogP contribution is 2.35. The third-order valence-electron chi connectivity index (χ3n) is 4.46. The number of hydrogen-bond acceptors (Lipinski definition) is 8. The molecule has 1 aromatic heterocycles. The van der Waals surface area contributed by atoms with E-state index in [4.69, 9.17) is 21.1 Å². The lowest BCUT2D eigenvalue weighted by Crippen LogP contribution is -2.45. The van der Waals surface area contributed by atoms with Crippen molar-refractivity contribution in [2.45, 2.75) is 13.0 Å². The van der Waals surface area contributed by atoms with E-state index in [1.54, 1.807) is 36.4 Å². The Morgan fingerprint density at radius 2 is 1.81 bits per heavy atom. The van der Waals surface area contributed by atoms with Gasteiger partial charge in [-0.05, 0) is 31.2 Å². The summed E-state index contributed by atoms with van der Waals surface area (Å²) in [5.74, 6) is 0.106. The largest absolute Gasteiger partial charge is 0.497 e. The molecule has 1 amide bonds. The van der Waals surface area contributed by atoms with E-state index >= 15 is 0 Å². The molecule has 12 heteroatoms. The van der Waals surface area contributed by atoms with E-state index in [-0.39, 0.29) is 16.6 Å². The van der Waals surface area contributed by atoms with E-state index in [9.17, 15) is 13.2 Å². The van der Waals surface area contributed by atoms with Crippen molar-refractivity contribution in [2.24, 2.45) is 0 Å². The minimum Gasteiger partial charge on any atom is -0.497 e. The molecule has 0 fully saturated rings. The van der Waals surface area contributed by atoms with Crippen LogP contribution in [0.2, 0.25) is 5.02 Å². The van der Waals surface area contributed by atoms with E-state index in [1.807, 2.05) is 0 Å². The second-order valence-corrected chi connectivity index (χ2v) is 9.95. The van der Waals surface area contributed by atoms with Crippen LogP contribution in [0.25, 0.3) is 10.6 Å². The first-order valence-electron chi connectivity index (χ1n) is 9.25. The van der Waals surface area contributed by atoms with Crippen molar-refractivity contribution in [3.8, 4) is 22.1 Å². The van der Waals surface area contributed by atoms with Gasteiger partial charge in [-0.2, -0.15) is 0 Å². The SMILES string of the molecule is COc1ccc(OC)c(N([C@H](C)C(=O)Nc2nnc(-c3ccc(Cl)cc3)s2)S(C)(=O)=O)c1. The second-order valence-electron chi connectivity index (χ2n) is 6.68. The van der Waals surface area contributed by atoms with Gasteiger partial charge in [0.15, 0.2) is 0 Å². The molecule has 0 aliphatic rings. The van der Waals surface area contributed by atoms with Crippen molar-refractivity contribution in [1.82, 2.24) is 10.2 Å². The van der Waals surface area contributed by atoms with Crippen molar-refractivity contribution >= 4 is 49.7 Å². The van der Waals surface area contributed by atoms with Crippen LogP contribution in [0.1, 0.15) is 6.92 Å². The molecule has 3 rings (SSSR count). The summed E-state index contributed by atoms with van der Waals surface area (Å²) in [5, 5.41) is 12.1. The van der Waals surface area contributed by atoms with Gasteiger partial charge in [-0.1, -0.05) is 35.1 Å². The Morgan fingerprint density at radius 3 is 2.41 bits per heavy atom. The molecule has 1 N–H and O–H groups in total. The third-order valence-corrected chi connectivity index (χ3v) is 6.83. The first-order chi connectivity index (χ1) is 15.1. The average Bonchev–Trinajstić information content (AvgIpc) is 3.21. The van der Waals surface area contributed by atoms with Crippen LogP contribution in [-0.4, -0.2) is 51.0 Å². The number of halogens is 1. The molecule has 170 valence electrons. The van der Waals surface area contributed by atoms with Gasteiger partial charge in [0.05, 0.1) is 26.2 Å². The van der Waals surface area contributed by atoms with Gasteiger partial charge in [-0.15, -0.1) is 10.2 Å². The Bertz CT molecular complexity index is 1210. The summed E-state index contributed by atoms with van der Waals surface area (Å²) in [4.78, 5) is 13.0. The van der Waals surface area contributed by atoms with Crippen LogP contribution in [0.3, 0.4) is 0 Å². The molecule has 2 aromatic carbocycles. The maximum absolute atomic E-state index is 13.0. The monoisotopic (exact) mass is 496 g/mol. The van der Waals surface area contributed by atoms with Crippen molar-refractivity contribution < 1.29 is 22.7 Å². The highest BCUT2D eigenvalue weighted by Gasteiger charge is 2.32. The normalized spacial score (nSPS) is 12.2. The summed E-state index contributed by atoms with van der Waals surface area (Å²) < 4.78 is 36.7. The smallest absolute Gasteiger partial charge is 0.249 e. The zero-order valence-electron chi connectivity index (χ0n) is 17.7. The van der Waals surface area contributed by atoms with Crippen LogP contribution in [0.15, 0.2) is 42.5 Å². The van der Waals surface area contributed by atoms with E-state index in [0.29, 0.717) is 15.8 Å². The molecule has 3 aromatic rings. The molecule has 32 heavy (non-hydrogen) atoms. The lowest BCUT2D eigenvalue weighted by molar-refractivity contribution is -0.116. The minimum atomic E-state index is -3.86. The summed E-state index contributed by atoms with van der Waals surface area (Å²) in [6, 6.07) is 10.6. The van der Waals surface area contributed by atoms with Crippen LogP contribution >= 0.6 is 22.9 Å². The molecule has 0 unspecified atom stereocenters. The fourth-order valence-corrected chi connectivity index (χ4v) is 4.99. The molecule has 0 saturated heterocycles. The summed E-state index contributed by atoms with van der Waals surface area (Å²) in [5.41, 5.74) is 0.968. The topological polar surface area (TPSA) is 111 Å². The number of methoxy groups -OCH3 is 2. The Morgan fingerprint density at radius 1 is 1.12 bits per heavy atom. The number of hydrogen-bond donors (Lipinski definition) is 1. The predicted octanol–water partition coefficient (Wildman–Crippen LogP) is 3.67. The quantitative estimate of drug-likeness (QED) is 0.506. The number of ether oxygens (including phenoxy) is 2. The zero-order chi connectivity index (χ0) is 23.5. The molecule has 0 spiro atoms. The first kappa shape index (κ1) is 23.8. The van der Waals surface area contributed by atoms with E-state index in [1.165, 1.54) is 27.2 Å². The molecule has 0 saturated carbocycles. The molecule has 0 radical (unpaired) electrons. The molecule has 0 bridgehead atoms. The Labute approximate surface area is 195 Å². The van der Waals surface area contributed by atoms with Crippen molar-refractivity contribution in [3.05, 3.63) is 47.5 Å². The molecule has 1 atom stereocenters. The number of anilines is 2. The number of nitrogens with one attached hydrogen (secondary N) is 1. The predicted molar refractivity (Wildman–Crippen MR) is 125 cm³/mol. The summed E-state index contributed by atoms with van der Waals surface area (Å²) >= 11 is 7.06. The minimum absolute atomic E-state index is 0.177. The van der Waals surface area contributed by atoms with Crippen molar-refractivity contribution in [1.29, 1.82) is 0 Å². The number of sulfonamides is 1. The van der Waals surface area contributed by atoms with Crippen LogP contribution in [0, 0.1) is 0 Å². The fourth-order valence-electron chi connectivity index (χ4n) is 2.94. The van der Waals surface area contributed by atoms with Gasteiger partial charge in [0.2, 0.25) is 21.1 Å². The van der Waals surface area contributed by atoms with Gasteiger partial charge in [-0.25, -0.2) is 8.42 Å². The molecular weight excluding hydrogens is 476 g/mol. The van der Waals surface area contributed by atoms with Crippen LogP contribution in [0.4, 0.5) is 10.8 Å². The van der Waals surface area contributed by atoms with E-state index < -0.39 is 22.0 Å². The number of nitrogens with zero attached hydrogens (tertiary/aromatic N) is 3. The lowest BCUT2D eigenvalue weighted by Gasteiger charge is -2.29. The molecule has 1 heterocycles. The molecule has 9 nitrogen and oxygen atoms in total. The van der Waals surface area contributed by atoms with Gasteiger partial charge in [0.1, 0.15) is 22.5 Å². The lowest BCUT2D eigenvalue weighted by atomic mass is 10.2. The number of benzene rings is 2. The fraction of sp³-hybridized carbons (Fsp3) is 0.250. The maximum Gasteiger partial charge on any atom is 0.249 e. The van der Waals surface area contributed by atoms with Crippen LogP contribution in [-0.2, 0) is 14.8 Å². The Balaban J connectivity index is 1.88. The van der Waals surface area contributed by atoms with Gasteiger partial charge in [0, 0.05) is 16.7 Å². The highest BCUT2D eigenvalue weighted by molar-refractivity contribution is 7.92. The van der Waals surface area contributed by atoms with E-state index in [0.717, 1.165) is 27.5 Å². The van der Waals surface area contributed by atoms with Gasteiger partial charge in [-0.3, -0.25) is 14.4 Å². The number of amides is 1. The van der Waals surface area contributed by atoms with E-state index in [2.05, 4.69) is 15.5 Å². The Kier molecular flexibility index (Phi) is 7.22. The summed E-state index contributed by atoms with van der Waals surface area (Å²) in [7, 11) is -0.991. The standard InChI is InChI=1S/C20H21ClN4O5S2/c1-12(25(32(4,27)28)16-11-15(29-2)9-10-17(16)30-3)18(26)22-20-24-23-19(31-20)13-5-7-14(21)8-6-13/h5-12H,1-4H3,(H,22,24,26)/t12-/m1/s1. The van der Waals surface area contributed by atoms with Crippen LogP contribution < -0.4 is 19.1 Å². The van der Waals surface area contributed by atoms with Crippen molar-refractivity contribution in [2.75, 3.05) is 30.1 Å². The zero-order valence-corrected chi connectivity index (χ0v) is 20.1. The average molecular weight is 497 g/mol. The second kappa shape index (κ2) is 9.72. The number of carbonyl (C=O) groups excluding carboxylic acids is 1.